The Kier molecular flexibility index (Phi) is 6.66. The minimum atomic E-state index is -0.218. The molecule has 0 saturated heterocycles. The molecular weight excluding hydrogens is 508 g/mol. The quantitative estimate of drug-likeness (QED) is 0.174. The molecule has 0 spiro atoms. The van der Waals surface area contributed by atoms with Crippen LogP contribution in [0.25, 0.3) is 0 Å². The average Bonchev–Trinajstić information content (AvgIpc) is 2.81. The van der Waals surface area contributed by atoms with E-state index in [0.29, 0.717) is 43.4 Å². The van der Waals surface area contributed by atoms with Crippen LogP contribution in [0, 0.1) is 41.5 Å². The van der Waals surface area contributed by atoms with Gasteiger partial charge in [-0.1, -0.05) is 35.4 Å². The van der Waals surface area contributed by atoms with Crippen LogP contribution in [-0.2, 0) is 0 Å². The number of fused-ring (bicyclic) bond motifs is 2. The fraction of sp³-hybridized carbons (Fsp3) is 0.188. The summed E-state index contributed by atoms with van der Waals surface area (Å²) in [6.07, 6.45) is 0. The Bertz CT molecular complexity index is 1520. The molecule has 0 bridgehead atoms. The first-order valence-electron chi connectivity index (χ1n) is 12.5. The van der Waals surface area contributed by atoms with Gasteiger partial charge in [0.15, 0.2) is 11.6 Å². The van der Waals surface area contributed by atoms with Gasteiger partial charge in [0.05, 0.1) is 22.5 Å². The number of benzene rings is 4. The monoisotopic (exact) mass is 538 g/mol. The number of carbonyl (C=O) groups is 2. The van der Waals surface area contributed by atoms with Crippen LogP contribution in [0.2, 0.25) is 0 Å². The molecule has 4 aromatic rings. The summed E-state index contributed by atoms with van der Waals surface area (Å²) in [7, 11) is 0. The number of ketones is 2. The predicted octanol–water partition coefficient (Wildman–Crippen LogP) is 8.38. The molecule has 0 atom stereocenters. The first kappa shape index (κ1) is 26.1. The van der Waals surface area contributed by atoms with Gasteiger partial charge in [-0.05, 0) is 88.1 Å². The summed E-state index contributed by atoms with van der Waals surface area (Å²) >= 11 is 9.18. The van der Waals surface area contributed by atoms with E-state index in [1.807, 2.05) is 27.7 Å². The first-order valence-corrected chi connectivity index (χ1v) is 13.4. The van der Waals surface area contributed by atoms with Crippen LogP contribution in [0.4, 0.5) is 22.7 Å². The molecule has 1 aliphatic carbocycles. The lowest BCUT2D eigenvalue weighted by Gasteiger charge is -2.25. The van der Waals surface area contributed by atoms with E-state index in [0.717, 1.165) is 44.8 Å². The van der Waals surface area contributed by atoms with Gasteiger partial charge in [-0.2, -0.15) is 0 Å². The normalized spacial score (nSPS) is 12.3. The Morgan fingerprint density at radius 3 is 1.13 bits per heavy atom. The van der Waals surface area contributed by atoms with Crippen LogP contribution < -0.4 is 10.6 Å². The molecule has 2 N–H and O–H groups in total. The topological polar surface area (TPSA) is 58.2 Å². The molecule has 0 heterocycles. The van der Waals surface area contributed by atoms with Crippen molar-refractivity contribution in [2.75, 3.05) is 10.6 Å². The highest BCUT2D eigenvalue weighted by molar-refractivity contribution is 7.80. The third-order valence-corrected chi connectivity index (χ3v) is 7.58. The van der Waals surface area contributed by atoms with Crippen molar-refractivity contribution in [3.05, 3.63) is 104 Å². The second-order valence-electron chi connectivity index (χ2n) is 10.3. The number of rotatable bonds is 4. The zero-order valence-electron chi connectivity index (χ0n) is 22.3. The molecule has 0 fully saturated rings. The highest BCUT2D eigenvalue weighted by Gasteiger charge is 2.35. The fourth-order valence-corrected chi connectivity index (χ4v) is 6.11. The fourth-order valence-electron chi connectivity index (χ4n) is 5.59. The third kappa shape index (κ3) is 4.52. The Hall–Kier alpha value is -3.48. The zero-order valence-corrected chi connectivity index (χ0v) is 24.1. The maximum atomic E-state index is 14.1. The Morgan fingerprint density at radius 2 is 0.816 bits per heavy atom. The van der Waals surface area contributed by atoms with E-state index in [1.165, 1.54) is 0 Å². The molecule has 0 amide bonds. The zero-order chi connectivity index (χ0) is 27.5. The molecule has 6 heteroatoms. The first-order chi connectivity index (χ1) is 17.9. The lowest BCUT2D eigenvalue weighted by Crippen LogP contribution is -2.24. The summed E-state index contributed by atoms with van der Waals surface area (Å²) in [6.45, 7) is 12.2. The van der Waals surface area contributed by atoms with Crippen molar-refractivity contribution in [3.8, 4) is 0 Å². The minimum Gasteiger partial charge on any atom is -0.354 e. The summed E-state index contributed by atoms with van der Waals surface area (Å²) in [5.41, 5.74) is 10.9. The maximum absolute atomic E-state index is 14.1. The SMILES string of the molecule is Cc1cc(C)c(Nc2cc(S)cc3c2C(=O)c2cc(S)cc(Nc4c(C)cc(C)cc4C)c2C3=O)c(C)c1. The number of anilines is 4. The molecular formula is C32H30N2O2S2. The molecule has 0 unspecified atom stereocenters. The highest BCUT2D eigenvalue weighted by Crippen LogP contribution is 2.41. The van der Waals surface area contributed by atoms with Crippen molar-refractivity contribution in [2.45, 2.75) is 51.3 Å². The van der Waals surface area contributed by atoms with Gasteiger partial charge in [-0.15, -0.1) is 25.3 Å². The van der Waals surface area contributed by atoms with E-state index >= 15 is 0 Å². The van der Waals surface area contributed by atoms with Gasteiger partial charge < -0.3 is 10.6 Å². The molecule has 4 nitrogen and oxygen atoms in total. The van der Waals surface area contributed by atoms with Crippen LogP contribution in [-0.4, -0.2) is 11.6 Å². The van der Waals surface area contributed by atoms with Gasteiger partial charge in [0.1, 0.15) is 0 Å². The van der Waals surface area contributed by atoms with Crippen molar-refractivity contribution >= 4 is 59.6 Å². The number of aryl methyl sites for hydroxylation is 6. The number of carbonyl (C=O) groups excluding carboxylic acids is 2. The number of thiol groups is 2. The van der Waals surface area contributed by atoms with Crippen molar-refractivity contribution in [1.29, 1.82) is 0 Å². The second kappa shape index (κ2) is 9.68. The Morgan fingerprint density at radius 1 is 0.500 bits per heavy atom. The molecule has 1 aliphatic rings. The van der Waals surface area contributed by atoms with Gasteiger partial charge in [0.25, 0.3) is 0 Å². The van der Waals surface area contributed by atoms with E-state index in [1.54, 1.807) is 24.3 Å². The van der Waals surface area contributed by atoms with Crippen molar-refractivity contribution in [3.63, 3.8) is 0 Å². The third-order valence-electron chi connectivity index (χ3n) is 7.06. The Labute approximate surface area is 234 Å². The van der Waals surface area contributed by atoms with Crippen LogP contribution >= 0.6 is 25.3 Å². The van der Waals surface area contributed by atoms with Crippen molar-refractivity contribution < 1.29 is 9.59 Å². The van der Waals surface area contributed by atoms with E-state index in [2.05, 4.69) is 74.0 Å². The average molecular weight is 539 g/mol. The molecule has 38 heavy (non-hydrogen) atoms. The van der Waals surface area contributed by atoms with Crippen LogP contribution in [0.1, 0.15) is 65.2 Å². The molecule has 5 rings (SSSR count). The number of hydrogen-bond donors (Lipinski definition) is 4. The van der Waals surface area contributed by atoms with Crippen molar-refractivity contribution in [1.82, 2.24) is 0 Å². The summed E-state index contributed by atoms with van der Waals surface area (Å²) in [6, 6.07) is 15.3. The van der Waals surface area contributed by atoms with Crippen LogP contribution in [0.3, 0.4) is 0 Å². The minimum absolute atomic E-state index is 0.218. The largest absolute Gasteiger partial charge is 0.354 e. The van der Waals surface area contributed by atoms with Crippen molar-refractivity contribution in [2.24, 2.45) is 0 Å². The number of hydrogen-bond acceptors (Lipinski definition) is 6. The van der Waals surface area contributed by atoms with E-state index in [-0.39, 0.29) is 11.6 Å². The smallest absolute Gasteiger partial charge is 0.196 e. The second-order valence-corrected chi connectivity index (χ2v) is 11.3. The molecule has 0 aliphatic heterocycles. The predicted molar refractivity (Wildman–Crippen MR) is 162 cm³/mol. The van der Waals surface area contributed by atoms with Gasteiger partial charge in [-0.3, -0.25) is 9.59 Å². The summed E-state index contributed by atoms with van der Waals surface area (Å²) < 4.78 is 0. The van der Waals surface area contributed by atoms with E-state index in [9.17, 15) is 9.59 Å². The Balaban J connectivity index is 1.67. The van der Waals surface area contributed by atoms with Gasteiger partial charge in [0, 0.05) is 32.3 Å². The van der Waals surface area contributed by atoms with Gasteiger partial charge in [0.2, 0.25) is 0 Å². The lowest BCUT2D eigenvalue weighted by molar-refractivity contribution is 0.0980. The highest BCUT2D eigenvalue weighted by atomic mass is 32.1. The maximum Gasteiger partial charge on any atom is 0.196 e. The van der Waals surface area contributed by atoms with E-state index < -0.39 is 0 Å². The molecule has 0 radical (unpaired) electrons. The molecule has 0 saturated carbocycles. The lowest BCUT2D eigenvalue weighted by atomic mass is 9.82. The van der Waals surface area contributed by atoms with Crippen LogP contribution in [0.5, 0.6) is 0 Å². The molecule has 192 valence electrons. The molecule has 0 aromatic heterocycles. The van der Waals surface area contributed by atoms with Gasteiger partial charge >= 0.3 is 0 Å². The summed E-state index contributed by atoms with van der Waals surface area (Å²) in [4.78, 5) is 29.3. The number of nitrogens with one attached hydrogen (secondary N) is 2. The van der Waals surface area contributed by atoms with E-state index in [4.69, 9.17) is 0 Å². The molecule has 4 aromatic carbocycles. The standard InChI is InChI=1S/C32H30N2O2S2/c1-15-7-17(3)29(18(4)8-15)33-25-13-21(37)11-23-27(25)31(35)24-12-22(38)14-26(28(24)32(23)36)34-30-19(5)9-16(2)10-20(30)6/h7-14,33-34,37-38H,1-6H3. The van der Waals surface area contributed by atoms with Crippen LogP contribution in [0.15, 0.2) is 58.3 Å². The van der Waals surface area contributed by atoms with Gasteiger partial charge in [-0.25, -0.2) is 0 Å². The summed E-state index contributed by atoms with van der Waals surface area (Å²) in [5.74, 6) is -0.437. The summed E-state index contributed by atoms with van der Waals surface area (Å²) in [5, 5.41) is 6.90.